The Morgan fingerprint density at radius 1 is 1.26 bits per heavy atom. The summed E-state index contributed by atoms with van der Waals surface area (Å²) in [5.74, 6) is -0.119. The maximum Gasteiger partial charge on any atom is 0.275 e. The lowest BCUT2D eigenvalue weighted by atomic mass is 10.1. The fraction of sp³-hybridized carbons (Fsp3) is 0.235. The average Bonchev–Trinajstić information content (AvgIpc) is 3.26. The second-order valence-electron chi connectivity index (χ2n) is 5.66. The number of aromatic amines is 1. The van der Waals surface area contributed by atoms with Crippen LogP contribution in [0.15, 0.2) is 45.9 Å². The van der Waals surface area contributed by atoms with E-state index in [0.717, 1.165) is 12.8 Å². The Morgan fingerprint density at radius 3 is 2.87 bits per heavy atom. The number of likely N-dealkylation sites (tertiary alicyclic amines) is 1. The molecule has 1 aromatic carbocycles. The molecular formula is C17H15N3O2S. The van der Waals surface area contributed by atoms with Crippen molar-refractivity contribution >= 4 is 28.0 Å². The number of rotatable bonds is 2. The third-order valence-corrected chi connectivity index (χ3v) is 5.04. The number of nitrogens with one attached hydrogen (secondary N) is 1. The molecule has 2 aromatic heterocycles. The minimum absolute atomic E-state index is 0.0984. The molecule has 1 saturated heterocycles. The number of fused-ring (bicyclic) bond motifs is 1. The lowest BCUT2D eigenvalue weighted by Crippen LogP contribution is -2.32. The summed E-state index contributed by atoms with van der Waals surface area (Å²) in [6.07, 6.45) is 1.94. The van der Waals surface area contributed by atoms with Gasteiger partial charge in [0.2, 0.25) is 0 Å². The number of amides is 1. The first-order chi connectivity index (χ1) is 11.3. The molecule has 3 aromatic rings. The summed E-state index contributed by atoms with van der Waals surface area (Å²) in [4.78, 5) is 26.8. The van der Waals surface area contributed by atoms with Gasteiger partial charge in [-0.2, -0.15) is 16.4 Å². The van der Waals surface area contributed by atoms with Crippen molar-refractivity contribution in [2.45, 2.75) is 18.9 Å². The minimum atomic E-state index is -0.270. The number of carbonyl (C=O) groups is 1. The first-order valence-electron chi connectivity index (χ1n) is 7.56. The van der Waals surface area contributed by atoms with Crippen LogP contribution in [0.25, 0.3) is 10.8 Å². The largest absolute Gasteiger partial charge is 0.330 e. The van der Waals surface area contributed by atoms with Gasteiger partial charge >= 0.3 is 0 Å². The van der Waals surface area contributed by atoms with Crippen molar-refractivity contribution in [3.63, 3.8) is 0 Å². The van der Waals surface area contributed by atoms with Gasteiger partial charge in [-0.15, -0.1) is 0 Å². The molecule has 0 bridgehead atoms. The molecule has 116 valence electrons. The van der Waals surface area contributed by atoms with Gasteiger partial charge in [0.1, 0.15) is 0 Å². The Hall–Kier alpha value is -2.47. The highest BCUT2D eigenvalue weighted by atomic mass is 32.1. The van der Waals surface area contributed by atoms with Crippen molar-refractivity contribution < 1.29 is 4.79 Å². The lowest BCUT2D eigenvalue weighted by molar-refractivity contribution is 0.0731. The molecule has 1 fully saturated rings. The van der Waals surface area contributed by atoms with Crippen molar-refractivity contribution in [3.8, 4) is 0 Å². The number of hydrogen-bond donors (Lipinski definition) is 1. The summed E-state index contributed by atoms with van der Waals surface area (Å²) < 4.78 is 0. The molecule has 1 atom stereocenters. The van der Waals surface area contributed by atoms with E-state index in [4.69, 9.17) is 0 Å². The summed E-state index contributed by atoms with van der Waals surface area (Å²) in [6.45, 7) is 0.717. The molecule has 0 saturated carbocycles. The van der Waals surface area contributed by atoms with Crippen LogP contribution in [0.3, 0.4) is 0 Å². The fourth-order valence-corrected chi connectivity index (χ4v) is 3.94. The predicted molar refractivity (Wildman–Crippen MR) is 89.7 cm³/mol. The Balaban J connectivity index is 1.78. The second-order valence-corrected chi connectivity index (χ2v) is 6.44. The molecule has 1 amide bonds. The Bertz CT molecular complexity index is 917. The van der Waals surface area contributed by atoms with Gasteiger partial charge in [-0.25, -0.2) is 5.10 Å². The van der Waals surface area contributed by atoms with Gasteiger partial charge in [0, 0.05) is 11.9 Å². The fourth-order valence-electron chi connectivity index (χ4n) is 3.23. The molecule has 0 spiro atoms. The van der Waals surface area contributed by atoms with E-state index in [1.165, 1.54) is 5.56 Å². The zero-order valence-corrected chi connectivity index (χ0v) is 13.2. The second kappa shape index (κ2) is 5.62. The highest BCUT2D eigenvalue weighted by Gasteiger charge is 2.32. The molecule has 3 heterocycles. The van der Waals surface area contributed by atoms with E-state index >= 15 is 0 Å². The van der Waals surface area contributed by atoms with Crippen LogP contribution in [0.5, 0.6) is 0 Å². The first-order valence-corrected chi connectivity index (χ1v) is 8.50. The van der Waals surface area contributed by atoms with E-state index < -0.39 is 0 Å². The van der Waals surface area contributed by atoms with Gasteiger partial charge in [-0.05, 0) is 41.3 Å². The van der Waals surface area contributed by atoms with Crippen molar-refractivity contribution in [2.75, 3.05) is 6.54 Å². The number of H-pyrrole nitrogens is 1. The van der Waals surface area contributed by atoms with E-state index in [1.54, 1.807) is 29.5 Å². The molecule has 0 radical (unpaired) electrons. The molecule has 5 nitrogen and oxygen atoms in total. The van der Waals surface area contributed by atoms with Crippen LogP contribution in [0.2, 0.25) is 0 Å². The van der Waals surface area contributed by atoms with Crippen LogP contribution in [-0.2, 0) is 0 Å². The van der Waals surface area contributed by atoms with E-state index in [2.05, 4.69) is 21.6 Å². The topological polar surface area (TPSA) is 66.1 Å². The lowest BCUT2D eigenvalue weighted by Gasteiger charge is -2.24. The van der Waals surface area contributed by atoms with E-state index in [9.17, 15) is 9.59 Å². The normalized spacial score (nSPS) is 17.7. The number of benzene rings is 1. The number of thiophene rings is 1. The predicted octanol–water partition coefficient (Wildman–Crippen LogP) is 2.96. The summed E-state index contributed by atoms with van der Waals surface area (Å²) >= 11 is 1.64. The van der Waals surface area contributed by atoms with Crippen molar-refractivity contribution in [1.82, 2.24) is 15.1 Å². The SMILES string of the molecule is O=C(c1n[nH]c(=O)c2ccccc12)N1CCC[C@H]1c1ccsc1. The molecular weight excluding hydrogens is 310 g/mol. The maximum atomic E-state index is 13.0. The van der Waals surface area contributed by atoms with Gasteiger partial charge in [0.25, 0.3) is 11.5 Å². The standard InChI is InChI=1S/C17H15N3O2S/c21-16-13-5-2-1-4-12(13)15(18-19-16)17(22)20-8-3-6-14(20)11-7-9-23-10-11/h1-2,4-5,7,9-10,14H,3,6,8H2,(H,19,21)/t14-/m0/s1. The van der Waals surface area contributed by atoms with Crippen LogP contribution in [-0.4, -0.2) is 27.5 Å². The summed E-state index contributed by atoms with van der Waals surface area (Å²) in [5, 5.41) is 11.7. The molecule has 23 heavy (non-hydrogen) atoms. The van der Waals surface area contributed by atoms with Crippen LogP contribution in [0.4, 0.5) is 0 Å². The van der Waals surface area contributed by atoms with Gasteiger partial charge in [-0.1, -0.05) is 18.2 Å². The van der Waals surface area contributed by atoms with Crippen LogP contribution >= 0.6 is 11.3 Å². The molecule has 4 rings (SSSR count). The van der Waals surface area contributed by atoms with Gasteiger partial charge < -0.3 is 4.90 Å². The first kappa shape index (κ1) is 14.1. The number of nitrogens with zero attached hydrogens (tertiary/aromatic N) is 2. The van der Waals surface area contributed by atoms with Crippen LogP contribution in [0.1, 0.15) is 34.9 Å². The van der Waals surface area contributed by atoms with Crippen molar-refractivity contribution in [2.24, 2.45) is 0 Å². The van der Waals surface area contributed by atoms with E-state index in [1.807, 2.05) is 16.3 Å². The maximum absolute atomic E-state index is 13.0. The Labute approximate surface area is 136 Å². The quantitative estimate of drug-likeness (QED) is 0.788. The highest BCUT2D eigenvalue weighted by Crippen LogP contribution is 2.34. The molecule has 0 unspecified atom stereocenters. The third kappa shape index (κ3) is 2.35. The number of carbonyl (C=O) groups excluding carboxylic acids is 1. The summed E-state index contributed by atoms with van der Waals surface area (Å²) in [6, 6.07) is 9.27. The molecule has 1 N–H and O–H groups in total. The molecule has 6 heteroatoms. The third-order valence-electron chi connectivity index (χ3n) is 4.34. The van der Waals surface area contributed by atoms with Gasteiger partial charge in [0.05, 0.1) is 11.4 Å². The van der Waals surface area contributed by atoms with Crippen molar-refractivity contribution in [1.29, 1.82) is 0 Å². The summed E-state index contributed by atoms with van der Waals surface area (Å²) in [5.41, 5.74) is 1.23. The zero-order chi connectivity index (χ0) is 15.8. The number of hydrogen-bond acceptors (Lipinski definition) is 4. The van der Waals surface area contributed by atoms with E-state index in [0.29, 0.717) is 23.0 Å². The monoisotopic (exact) mass is 325 g/mol. The van der Waals surface area contributed by atoms with Gasteiger partial charge in [-0.3, -0.25) is 9.59 Å². The molecule has 1 aliphatic rings. The average molecular weight is 325 g/mol. The van der Waals surface area contributed by atoms with Crippen LogP contribution in [0, 0.1) is 0 Å². The van der Waals surface area contributed by atoms with Gasteiger partial charge in [0.15, 0.2) is 5.69 Å². The molecule has 0 aliphatic carbocycles. The molecule has 1 aliphatic heterocycles. The van der Waals surface area contributed by atoms with Crippen LogP contribution < -0.4 is 5.56 Å². The minimum Gasteiger partial charge on any atom is -0.330 e. The highest BCUT2D eigenvalue weighted by molar-refractivity contribution is 7.08. The Morgan fingerprint density at radius 2 is 2.09 bits per heavy atom. The van der Waals surface area contributed by atoms with Crippen molar-refractivity contribution in [3.05, 3.63) is 62.7 Å². The Kier molecular flexibility index (Phi) is 3.46. The van der Waals surface area contributed by atoms with E-state index in [-0.39, 0.29) is 17.5 Å². The number of aromatic nitrogens is 2. The smallest absolute Gasteiger partial charge is 0.275 e. The zero-order valence-electron chi connectivity index (χ0n) is 12.4. The summed E-state index contributed by atoms with van der Waals surface area (Å²) in [7, 11) is 0.